The van der Waals surface area contributed by atoms with Gasteiger partial charge in [0, 0.05) is 34.3 Å². The van der Waals surface area contributed by atoms with Gasteiger partial charge < -0.3 is 15.0 Å². The summed E-state index contributed by atoms with van der Waals surface area (Å²) in [5.41, 5.74) is 3.36. The van der Waals surface area contributed by atoms with E-state index in [1.807, 2.05) is 42.6 Å². The van der Waals surface area contributed by atoms with E-state index >= 15 is 0 Å². The lowest BCUT2D eigenvalue weighted by Crippen LogP contribution is -1.97. The fourth-order valence-electron chi connectivity index (χ4n) is 2.66. The summed E-state index contributed by atoms with van der Waals surface area (Å²) in [4.78, 5) is 16.4. The maximum atomic E-state index is 5.46. The molecule has 0 aliphatic heterocycles. The predicted molar refractivity (Wildman–Crippen MR) is 101 cm³/mol. The van der Waals surface area contributed by atoms with Gasteiger partial charge >= 0.3 is 0 Å². The lowest BCUT2D eigenvalue weighted by Gasteiger charge is -2.07. The number of aromatic nitrogens is 4. The van der Waals surface area contributed by atoms with E-state index in [2.05, 4.69) is 41.2 Å². The number of benzene rings is 1. The molecule has 3 aromatic heterocycles. The van der Waals surface area contributed by atoms with Crippen molar-refractivity contribution in [3.05, 3.63) is 59.5 Å². The van der Waals surface area contributed by atoms with E-state index in [-0.39, 0.29) is 0 Å². The highest BCUT2D eigenvalue weighted by molar-refractivity contribution is 9.10. The normalized spacial score (nSPS) is 10.8. The highest BCUT2D eigenvalue weighted by Gasteiger charge is 2.13. The van der Waals surface area contributed by atoms with Gasteiger partial charge in [0.2, 0.25) is 5.95 Å². The number of anilines is 2. The van der Waals surface area contributed by atoms with Crippen molar-refractivity contribution in [3.8, 4) is 17.0 Å². The molecule has 3 heterocycles. The van der Waals surface area contributed by atoms with Crippen LogP contribution < -0.4 is 10.1 Å². The van der Waals surface area contributed by atoms with Crippen molar-refractivity contribution in [1.29, 1.82) is 0 Å². The highest BCUT2D eigenvalue weighted by Crippen LogP contribution is 2.33. The van der Waals surface area contributed by atoms with Crippen molar-refractivity contribution in [2.45, 2.75) is 0 Å². The molecule has 0 aliphatic rings. The van der Waals surface area contributed by atoms with Gasteiger partial charge in [-0.2, -0.15) is 0 Å². The van der Waals surface area contributed by atoms with Crippen LogP contribution in [0.2, 0.25) is 0 Å². The average molecular weight is 396 g/mol. The molecule has 0 amide bonds. The van der Waals surface area contributed by atoms with Gasteiger partial charge in [-0.05, 0) is 30.3 Å². The molecule has 0 atom stereocenters. The number of nitrogens with zero attached hydrogens (tertiary/aromatic N) is 3. The number of methoxy groups -OCH3 is 1. The molecular formula is C18H14BrN5O. The van der Waals surface area contributed by atoms with Crippen LogP contribution >= 0.6 is 15.9 Å². The van der Waals surface area contributed by atoms with Crippen molar-refractivity contribution >= 4 is 38.6 Å². The Balaban J connectivity index is 1.75. The van der Waals surface area contributed by atoms with Crippen LogP contribution in [0.5, 0.6) is 5.75 Å². The largest absolute Gasteiger partial charge is 0.496 e. The van der Waals surface area contributed by atoms with Crippen molar-refractivity contribution in [2.24, 2.45) is 0 Å². The Hall–Kier alpha value is -2.93. The molecule has 124 valence electrons. The maximum absolute atomic E-state index is 5.46. The fraction of sp³-hybridized carbons (Fsp3) is 0.0556. The quantitative estimate of drug-likeness (QED) is 0.530. The lowest BCUT2D eigenvalue weighted by molar-refractivity contribution is 0.419. The molecule has 7 heteroatoms. The first-order valence-corrected chi connectivity index (χ1v) is 8.40. The molecule has 0 unspecified atom stereocenters. The maximum Gasteiger partial charge on any atom is 0.227 e. The zero-order valence-electron chi connectivity index (χ0n) is 13.3. The van der Waals surface area contributed by atoms with Crippen molar-refractivity contribution in [1.82, 2.24) is 19.9 Å². The minimum Gasteiger partial charge on any atom is -0.496 e. The van der Waals surface area contributed by atoms with Crippen LogP contribution in [-0.2, 0) is 0 Å². The smallest absolute Gasteiger partial charge is 0.227 e. The Labute approximate surface area is 152 Å². The number of fused-ring (bicyclic) bond motifs is 1. The summed E-state index contributed by atoms with van der Waals surface area (Å²) in [6.07, 6.45) is 5.32. The van der Waals surface area contributed by atoms with Crippen LogP contribution in [0, 0.1) is 0 Å². The van der Waals surface area contributed by atoms with E-state index in [4.69, 9.17) is 4.74 Å². The number of hydrogen-bond acceptors (Lipinski definition) is 5. The van der Waals surface area contributed by atoms with E-state index in [0.717, 1.165) is 38.2 Å². The first-order chi connectivity index (χ1) is 12.2. The SMILES string of the molecule is COc1ccnc2[nH]cc(-c3ccnc(Nc4cccc(Br)c4)n3)c12. The number of aromatic amines is 1. The van der Waals surface area contributed by atoms with Gasteiger partial charge in [0.15, 0.2) is 0 Å². The van der Waals surface area contributed by atoms with Crippen LogP contribution in [0.25, 0.3) is 22.3 Å². The summed E-state index contributed by atoms with van der Waals surface area (Å²) in [6, 6.07) is 11.5. The molecule has 0 saturated carbocycles. The third-order valence-electron chi connectivity index (χ3n) is 3.77. The van der Waals surface area contributed by atoms with E-state index in [0.29, 0.717) is 5.95 Å². The standard InChI is InChI=1S/C18H14BrN5O/c1-25-15-6-8-20-17-16(15)13(10-22-17)14-5-7-21-18(24-14)23-12-4-2-3-11(19)9-12/h2-10H,1H3,(H,20,22)(H,21,23,24). The van der Waals surface area contributed by atoms with Crippen LogP contribution in [0.15, 0.2) is 59.5 Å². The van der Waals surface area contributed by atoms with Crippen LogP contribution in [0.1, 0.15) is 0 Å². The van der Waals surface area contributed by atoms with E-state index in [1.54, 1.807) is 19.5 Å². The molecule has 25 heavy (non-hydrogen) atoms. The van der Waals surface area contributed by atoms with Crippen LogP contribution in [0.4, 0.5) is 11.6 Å². The minimum atomic E-state index is 0.521. The molecule has 6 nitrogen and oxygen atoms in total. The van der Waals surface area contributed by atoms with E-state index in [1.165, 1.54) is 0 Å². The number of nitrogens with one attached hydrogen (secondary N) is 2. The van der Waals surface area contributed by atoms with Gasteiger partial charge in [0.05, 0.1) is 18.2 Å². The topological polar surface area (TPSA) is 75.7 Å². The summed E-state index contributed by atoms with van der Waals surface area (Å²) in [5, 5.41) is 4.11. The van der Waals surface area contributed by atoms with Crippen molar-refractivity contribution < 1.29 is 4.74 Å². The van der Waals surface area contributed by atoms with Crippen molar-refractivity contribution in [3.63, 3.8) is 0 Å². The minimum absolute atomic E-state index is 0.521. The monoisotopic (exact) mass is 395 g/mol. The molecule has 4 aromatic rings. The van der Waals surface area contributed by atoms with E-state index in [9.17, 15) is 0 Å². The van der Waals surface area contributed by atoms with Gasteiger partial charge in [-0.1, -0.05) is 22.0 Å². The molecule has 0 spiro atoms. The number of rotatable bonds is 4. The number of pyridine rings is 1. The zero-order valence-corrected chi connectivity index (χ0v) is 14.9. The summed E-state index contributed by atoms with van der Waals surface area (Å²) in [7, 11) is 1.64. The summed E-state index contributed by atoms with van der Waals surface area (Å²) >= 11 is 3.46. The Morgan fingerprint density at radius 1 is 1.12 bits per heavy atom. The summed E-state index contributed by atoms with van der Waals surface area (Å²) in [5.74, 6) is 1.27. The second kappa shape index (κ2) is 6.52. The molecule has 0 aliphatic carbocycles. The number of H-pyrrole nitrogens is 1. The molecule has 2 N–H and O–H groups in total. The molecule has 4 rings (SSSR count). The highest BCUT2D eigenvalue weighted by atomic mass is 79.9. The van der Waals surface area contributed by atoms with Crippen LogP contribution in [0.3, 0.4) is 0 Å². The lowest BCUT2D eigenvalue weighted by atomic mass is 10.1. The second-order valence-electron chi connectivity index (χ2n) is 5.34. The van der Waals surface area contributed by atoms with Crippen LogP contribution in [-0.4, -0.2) is 27.0 Å². The molecule has 0 bridgehead atoms. The third kappa shape index (κ3) is 3.06. The second-order valence-corrected chi connectivity index (χ2v) is 6.26. The average Bonchev–Trinajstić information content (AvgIpc) is 3.06. The molecule has 0 radical (unpaired) electrons. The molecule has 0 fully saturated rings. The number of hydrogen-bond donors (Lipinski definition) is 2. The van der Waals surface area contributed by atoms with Gasteiger partial charge in [-0.3, -0.25) is 0 Å². The van der Waals surface area contributed by atoms with Gasteiger partial charge in [-0.15, -0.1) is 0 Å². The summed E-state index contributed by atoms with van der Waals surface area (Å²) in [6.45, 7) is 0. The predicted octanol–water partition coefficient (Wildman–Crippen LogP) is 4.53. The third-order valence-corrected chi connectivity index (χ3v) is 4.26. The molecule has 0 saturated heterocycles. The fourth-order valence-corrected chi connectivity index (χ4v) is 3.06. The first kappa shape index (κ1) is 15.6. The Bertz CT molecular complexity index is 1050. The Morgan fingerprint density at radius 2 is 2.00 bits per heavy atom. The van der Waals surface area contributed by atoms with Gasteiger partial charge in [0.25, 0.3) is 0 Å². The van der Waals surface area contributed by atoms with Crippen molar-refractivity contribution in [2.75, 3.05) is 12.4 Å². The van der Waals surface area contributed by atoms with Gasteiger partial charge in [-0.25, -0.2) is 15.0 Å². The van der Waals surface area contributed by atoms with Gasteiger partial charge in [0.1, 0.15) is 11.4 Å². The number of ether oxygens (including phenoxy) is 1. The first-order valence-electron chi connectivity index (χ1n) is 7.60. The molecular weight excluding hydrogens is 382 g/mol. The van der Waals surface area contributed by atoms with E-state index < -0.39 is 0 Å². The molecule has 1 aromatic carbocycles. The Kier molecular flexibility index (Phi) is 4.07. The summed E-state index contributed by atoms with van der Waals surface area (Å²) < 4.78 is 6.45. The Morgan fingerprint density at radius 3 is 2.84 bits per heavy atom. The zero-order chi connectivity index (χ0) is 17.2. The number of halogens is 1.